The van der Waals surface area contributed by atoms with E-state index in [1.54, 1.807) is 36.4 Å². The number of hydrogen-bond donors (Lipinski definition) is 0. The van der Waals surface area contributed by atoms with E-state index in [0.29, 0.717) is 0 Å². The first-order valence-electron chi connectivity index (χ1n) is 7.48. The quantitative estimate of drug-likeness (QED) is 0.807. The van der Waals surface area contributed by atoms with Gasteiger partial charge in [0.15, 0.2) is 0 Å². The van der Waals surface area contributed by atoms with E-state index >= 15 is 0 Å². The second-order valence-corrected chi connectivity index (χ2v) is 8.52. The smallest absolute Gasteiger partial charge is 0.399 e. The van der Waals surface area contributed by atoms with Crippen molar-refractivity contribution in [3.05, 3.63) is 48.8 Å². The highest BCUT2D eigenvalue weighted by atomic mass is 32.2. The van der Waals surface area contributed by atoms with Gasteiger partial charge < -0.3 is 9.31 Å². The average Bonchev–Trinajstić information content (AvgIpc) is 3.07. The molecule has 23 heavy (non-hydrogen) atoms. The maximum atomic E-state index is 12.4. The summed E-state index contributed by atoms with van der Waals surface area (Å²) in [6.45, 7) is 7.94. The van der Waals surface area contributed by atoms with Crippen molar-refractivity contribution < 1.29 is 17.7 Å². The molecule has 3 rings (SSSR count). The van der Waals surface area contributed by atoms with Gasteiger partial charge in [0.2, 0.25) is 0 Å². The van der Waals surface area contributed by atoms with Crippen molar-refractivity contribution in [3.8, 4) is 0 Å². The third-order valence-corrected chi connectivity index (χ3v) is 6.22. The maximum absolute atomic E-state index is 12.4. The van der Waals surface area contributed by atoms with E-state index in [1.165, 1.54) is 16.4 Å². The first-order chi connectivity index (χ1) is 10.6. The first-order valence-corrected chi connectivity index (χ1v) is 8.92. The van der Waals surface area contributed by atoms with Crippen LogP contribution in [0, 0.1) is 0 Å². The fraction of sp³-hybridized carbons (Fsp3) is 0.375. The number of nitrogens with zero attached hydrogens (tertiary/aromatic N) is 1. The molecule has 2 heterocycles. The monoisotopic (exact) mass is 333 g/mol. The van der Waals surface area contributed by atoms with Crippen molar-refractivity contribution in [1.82, 2.24) is 3.97 Å². The Labute approximate surface area is 137 Å². The van der Waals surface area contributed by atoms with Crippen molar-refractivity contribution in [2.45, 2.75) is 43.8 Å². The van der Waals surface area contributed by atoms with Crippen molar-refractivity contribution in [2.75, 3.05) is 0 Å². The molecule has 0 bridgehead atoms. The fourth-order valence-electron chi connectivity index (χ4n) is 2.38. The number of aromatic nitrogens is 1. The summed E-state index contributed by atoms with van der Waals surface area (Å²) in [4.78, 5) is 0.231. The summed E-state index contributed by atoms with van der Waals surface area (Å²) in [7, 11) is -4.04. The van der Waals surface area contributed by atoms with Crippen LogP contribution in [0.5, 0.6) is 0 Å². The Bertz CT molecular complexity index is 779. The SMILES string of the molecule is CC1(C)OB(c2ccc(S(=O)(=O)n3cccc3)cc2)OC1(C)C. The van der Waals surface area contributed by atoms with Gasteiger partial charge in [0, 0.05) is 12.4 Å². The molecule has 1 saturated heterocycles. The minimum atomic E-state index is -3.55. The van der Waals surface area contributed by atoms with Gasteiger partial charge in [-0.15, -0.1) is 0 Å². The lowest BCUT2D eigenvalue weighted by Crippen LogP contribution is -2.41. The molecule has 0 N–H and O–H groups in total. The highest BCUT2D eigenvalue weighted by molar-refractivity contribution is 7.90. The topological polar surface area (TPSA) is 57.5 Å². The van der Waals surface area contributed by atoms with Crippen LogP contribution in [0.1, 0.15) is 27.7 Å². The summed E-state index contributed by atoms with van der Waals surface area (Å²) in [6.07, 6.45) is 3.02. The normalized spacial score (nSPS) is 19.9. The van der Waals surface area contributed by atoms with Gasteiger partial charge >= 0.3 is 7.12 Å². The standard InChI is InChI=1S/C16H20BNO4S/c1-15(2)16(3,4)22-17(21-15)13-7-9-14(10-8-13)23(19,20)18-11-5-6-12-18/h5-12H,1-4H3. The van der Waals surface area contributed by atoms with E-state index in [-0.39, 0.29) is 4.90 Å². The van der Waals surface area contributed by atoms with Crippen LogP contribution in [-0.4, -0.2) is 30.7 Å². The van der Waals surface area contributed by atoms with Crippen LogP contribution in [0.15, 0.2) is 53.7 Å². The molecular formula is C16H20BNO4S. The Morgan fingerprint density at radius 2 is 1.39 bits per heavy atom. The predicted octanol–water partition coefficient (Wildman–Crippen LogP) is 2.02. The lowest BCUT2D eigenvalue weighted by molar-refractivity contribution is 0.00578. The van der Waals surface area contributed by atoms with E-state index in [1.807, 2.05) is 27.7 Å². The third kappa shape index (κ3) is 2.73. The summed E-state index contributed by atoms with van der Waals surface area (Å²) in [5.41, 5.74) is -0.0451. The molecule has 0 unspecified atom stereocenters. The minimum absolute atomic E-state index is 0.231. The summed E-state index contributed by atoms with van der Waals surface area (Å²) in [5, 5.41) is 0. The molecule has 0 spiro atoms. The molecular weight excluding hydrogens is 313 g/mol. The molecule has 0 aliphatic carbocycles. The highest BCUT2D eigenvalue weighted by Gasteiger charge is 2.51. The Balaban J connectivity index is 1.87. The van der Waals surface area contributed by atoms with Crippen LogP contribution in [0.25, 0.3) is 0 Å². The predicted molar refractivity (Wildman–Crippen MR) is 89.2 cm³/mol. The van der Waals surface area contributed by atoms with Gasteiger partial charge in [0.1, 0.15) is 0 Å². The van der Waals surface area contributed by atoms with Crippen LogP contribution in [0.3, 0.4) is 0 Å². The van der Waals surface area contributed by atoms with Gasteiger partial charge in [-0.25, -0.2) is 12.4 Å². The lowest BCUT2D eigenvalue weighted by atomic mass is 9.79. The second kappa shape index (κ2) is 5.23. The van der Waals surface area contributed by atoms with Gasteiger partial charge in [-0.1, -0.05) is 12.1 Å². The van der Waals surface area contributed by atoms with E-state index in [9.17, 15) is 8.42 Å². The fourth-order valence-corrected chi connectivity index (χ4v) is 3.56. The Kier molecular flexibility index (Phi) is 3.70. The zero-order valence-electron chi connectivity index (χ0n) is 13.7. The molecule has 1 fully saturated rings. The number of rotatable bonds is 3. The van der Waals surface area contributed by atoms with E-state index in [0.717, 1.165) is 5.46 Å². The Hall–Kier alpha value is -1.57. The largest absolute Gasteiger partial charge is 0.494 e. The molecule has 1 aromatic heterocycles. The van der Waals surface area contributed by atoms with Crippen molar-refractivity contribution in [1.29, 1.82) is 0 Å². The highest BCUT2D eigenvalue weighted by Crippen LogP contribution is 2.36. The zero-order valence-corrected chi connectivity index (χ0v) is 14.5. The summed E-state index contributed by atoms with van der Waals surface area (Å²) in [5.74, 6) is 0. The van der Waals surface area contributed by atoms with Gasteiger partial charge in [-0.2, -0.15) is 0 Å². The van der Waals surface area contributed by atoms with E-state index in [2.05, 4.69) is 0 Å². The molecule has 1 aliphatic heterocycles. The molecule has 0 radical (unpaired) electrons. The van der Waals surface area contributed by atoms with Crippen molar-refractivity contribution in [3.63, 3.8) is 0 Å². The molecule has 2 aromatic rings. The number of benzene rings is 1. The first kappa shape index (κ1) is 16.3. The van der Waals surface area contributed by atoms with Crippen molar-refractivity contribution >= 4 is 22.6 Å². The zero-order chi connectivity index (χ0) is 16.9. The molecule has 1 aliphatic rings. The van der Waals surface area contributed by atoms with Gasteiger partial charge in [0.05, 0.1) is 16.1 Å². The molecule has 1 aromatic carbocycles. The van der Waals surface area contributed by atoms with Crippen LogP contribution in [0.2, 0.25) is 0 Å². The summed E-state index contributed by atoms with van der Waals surface area (Å²) >= 11 is 0. The van der Waals surface area contributed by atoms with Gasteiger partial charge in [-0.3, -0.25) is 0 Å². The molecule has 7 heteroatoms. The average molecular weight is 333 g/mol. The minimum Gasteiger partial charge on any atom is -0.399 e. The Morgan fingerprint density at radius 1 is 0.913 bits per heavy atom. The Morgan fingerprint density at radius 3 is 1.87 bits per heavy atom. The van der Waals surface area contributed by atoms with Crippen molar-refractivity contribution in [2.24, 2.45) is 0 Å². The van der Waals surface area contributed by atoms with Crippen LogP contribution in [-0.2, 0) is 19.3 Å². The van der Waals surface area contributed by atoms with E-state index in [4.69, 9.17) is 9.31 Å². The lowest BCUT2D eigenvalue weighted by Gasteiger charge is -2.32. The van der Waals surface area contributed by atoms with Crippen LogP contribution >= 0.6 is 0 Å². The van der Waals surface area contributed by atoms with Crippen LogP contribution in [0.4, 0.5) is 0 Å². The maximum Gasteiger partial charge on any atom is 0.494 e. The number of hydrogen-bond acceptors (Lipinski definition) is 4. The molecule has 0 saturated carbocycles. The third-order valence-electron chi connectivity index (χ3n) is 4.56. The molecule has 5 nitrogen and oxygen atoms in total. The van der Waals surface area contributed by atoms with Gasteiger partial charge in [0.25, 0.3) is 10.0 Å². The summed E-state index contributed by atoms with van der Waals surface area (Å²) in [6, 6.07) is 9.98. The summed E-state index contributed by atoms with van der Waals surface area (Å²) < 4.78 is 38.0. The van der Waals surface area contributed by atoms with Crippen LogP contribution < -0.4 is 5.46 Å². The van der Waals surface area contributed by atoms with E-state index < -0.39 is 28.3 Å². The second-order valence-electron chi connectivity index (χ2n) is 6.68. The molecule has 0 amide bonds. The van der Waals surface area contributed by atoms with Gasteiger partial charge in [-0.05, 0) is 57.4 Å². The molecule has 0 atom stereocenters. The molecule has 122 valence electrons.